The Morgan fingerprint density at radius 3 is 1.86 bits per heavy atom. The molecule has 0 amide bonds. The summed E-state index contributed by atoms with van der Waals surface area (Å²) in [6.07, 6.45) is 1.53. The normalized spacial score (nSPS) is 10.4. The number of nitrogens with zero attached hydrogens (tertiary/aromatic N) is 3. The van der Waals surface area contributed by atoms with Crippen molar-refractivity contribution in [1.29, 1.82) is 0 Å². The summed E-state index contributed by atoms with van der Waals surface area (Å²) in [5, 5.41) is 8.05. The fraction of sp³-hybridized carbons (Fsp3) is 0.250. The van der Waals surface area contributed by atoms with Gasteiger partial charge < -0.3 is 23.7 Å². The smallest absolute Gasteiger partial charge is 0.215 e. The van der Waals surface area contributed by atoms with Crippen LogP contribution in [0.5, 0.6) is 28.7 Å². The molecular weight excluding hydrogens is 378 g/mol. The van der Waals surface area contributed by atoms with Crippen molar-refractivity contribution in [3.63, 3.8) is 0 Å². The third kappa shape index (κ3) is 3.93. The Morgan fingerprint density at radius 1 is 0.793 bits per heavy atom. The molecule has 0 fully saturated rings. The molecule has 0 saturated heterocycles. The van der Waals surface area contributed by atoms with Gasteiger partial charge in [0.25, 0.3) is 0 Å². The van der Waals surface area contributed by atoms with Crippen molar-refractivity contribution < 1.29 is 28.5 Å². The maximum absolute atomic E-state index is 13.0. The molecule has 0 N–H and O–H groups in total. The molecule has 0 atom stereocenters. The number of aromatic nitrogens is 3. The van der Waals surface area contributed by atoms with Crippen molar-refractivity contribution in [2.24, 2.45) is 0 Å². The first-order chi connectivity index (χ1) is 14.0. The van der Waals surface area contributed by atoms with Gasteiger partial charge in [0, 0.05) is 23.8 Å². The third-order valence-corrected chi connectivity index (χ3v) is 4.25. The molecule has 29 heavy (non-hydrogen) atoms. The molecule has 152 valence electrons. The molecule has 0 unspecified atom stereocenters. The van der Waals surface area contributed by atoms with Gasteiger partial charge in [0.1, 0.15) is 11.5 Å². The summed E-state index contributed by atoms with van der Waals surface area (Å²) in [5.74, 6) is 1.99. The number of ether oxygens (including phenoxy) is 5. The Hall–Kier alpha value is -3.75. The minimum Gasteiger partial charge on any atom is -0.497 e. The molecule has 9 nitrogen and oxygen atoms in total. The largest absolute Gasteiger partial charge is 0.497 e. The Morgan fingerprint density at radius 2 is 1.38 bits per heavy atom. The van der Waals surface area contributed by atoms with Crippen LogP contribution in [0.2, 0.25) is 0 Å². The molecular formula is C20H21N3O6. The van der Waals surface area contributed by atoms with Crippen molar-refractivity contribution >= 4 is 5.78 Å². The van der Waals surface area contributed by atoms with E-state index in [1.807, 2.05) is 0 Å². The zero-order valence-electron chi connectivity index (χ0n) is 16.8. The number of carbonyl (C=O) groups is 1. The van der Waals surface area contributed by atoms with E-state index >= 15 is 0 Å². The molecule has 0 radical (unpaired) electrons. The van der Waals surface area contributed by atoms with E-state index in [4.69, 9.17) is 23.7 Å². The maximum atomic E-state index is 13.0. The minimum atomic E-state index is -0.342. The van der Waals surface area contributed by atoms with Crippen LogP contribution in [-0.4, -0.2) is 56.3 Å². The van der Waals surface area contributed by atoms with Crippen molar-refractivity contribution in [3.05, 3.63) is 47.8 Å². The van der Waals surface area contributed by atoms with Crippen molar-refractivity contribution in [3.8, 4) is 34.4 Å². The van der Waals surface area contributed by atoms with E-state index in [9.17, 15) is 4.79 Å². The van der Waals surface area contributed by atoms with Crippen molar-refractivity contribution in [2.45, 2.75) is 0 Å². The van der Waals surface area contributed by atoms with Gasteiger partial charge in [-0.1, -0.05) is 5.21 Å². The number of methoxy groups -OCH3 is 5. The van der Waals surface area contributed by atoms with E-state index in [0.29, 0.717) is 40.0 Å². The number of ketones is 1. The predicted molar refractivity (Wildman–Crippen MR) is 104 cm³/mol. The van der Waals surface area contributed by atoms with Crippen LogP contribution in [0.15, 0.2) is 36.5 Å². The fourth-order valence-corrected chi connectivity index (χ4v) is 2.78. The summed E-state index contributed by atoms with van der Waals surface area (Å²) >= 11 is 0. The van der Waals surface area contributed by atoms with Crippen LogP contribution in [0.1, 0.15) is 16.1 Å². The third-order valence-electron chi connectivity index (χ3n) is 4.25. The molecule has 0 aliphatic carbocycles. The van der Waals surface area contributed by atoms with Crippen molar-refractivity contribution in [2.75, 3.05) is 35.5 Å². The van der Waals surface area contributed by atoms with Crippen LogP contribution in [0.4, 0.5) is 0 Å². The van der Waals surface area contributed by atoms with Gasteiger partial charge in [0.15, 0.2) is 17.2 Å². The number of carbonyl (C=O) groups excluding carboxylic acids is 1. The van der Waals surface area contributed by atoms with Gasteiger partial charge in [-0.2, -0.15) is 0 Å². The lowest BCUT2D eigenvalue weighted by molar-refractivity contribution is 0.103. The van der Waals surface area contributed by atoms with E-state index in [0.717, 1.165) is 0 Å². The highest BCUT2D eigenvalue weighted by Crippen LogP contribution is 2.38. The Labute approximate surface area is 167 Å². The minimum absolute atomic E-state index is 0.154. The van der Waals surface area contributed by atoms with Gasteiger partial charge in [0.2, 0.25) is 11.5 Å². The summed E-state index contributed by atoms with van der Waals surface area (Å²) in [7, 11) is 7.57. The van der Waals surface area contributed by atoms with Crippen LogP contribution in [-0.2, 0) is 0 Å². The first-order valence-electron chi connectivity index (χ1n) is 8.55. The van der Waals surface area contributed by atoms with E-state index in [2.05, 4.69) is 10.3 Å². The van der Waals surface area contributed by atoms with Gasteiger partial charge in [-0.25, -0.2) is 4.68 Å². The van der Waals surface area contributed by atoms with Gasteiger partial charge in [-0.3, -0.25) is 4.79 Å². The first kappa shape index (κ1) is 20.0. The molecule has 0 bridgehead atoms. The van der Waals surface area contributed by atoms with Crippen LogP contribution >= 0.6 is 0 Å². The second-order valence-corrected chi connectivity index (χ2v) is 5.86. The highest BCUT2D eigenvalue weighted by atomic mass is 16.5. The molecule has 9 heteroatoms. The maximum Gasteiger partial charge on any atom is 0.215 e. The predicted octanol–water partition coefficient (Wildman–Crippen LogP) is 2.54. The van der Waals surface area contributed by atoms with E-state index in [1.165, 1.54) is 32.2 Å². The number of benzene rings is 2. The molecule has 2 aromatic carbocycles. The highest BCUT2D eigenvalue weighted by molar-refractivity contribution is 6.08. The van der Waals surface area contributed by atoms with Crippen LogP contribution in [0, 0.1) is 0 Å². The van der Waals surface area contributed by atoms with E-state index in [1.54, 1.807) is 44.6 Å². The molecule has 0 aliphatic rings. The average molecular weight is 399 g/mol. The van der Waals surface area contributed by atoms with Gasteiger partial charge >= 0.3 is 0 Å². The second kappa shape index (κ2) is 8.51. The average Bonchev–Trinajstić information content (AvgIpc) is 3.27. The van der Waals surface area contributed by atoms with Crippen LogP contribution < -0.4 is 23.7 Å². The topological polar surface area (TPSA) is 93.9 Å². The van der Waals surface area contributed by atoms with E-state index in [-0.39, 0.29) is 11.5 Å². The highest BCUT2D eigenvalue weighted by Gasteiger charge is 2.20. The SMILES string of the molecule is COc1cc(OC)cc(-n2cc(C(=O)c3cc(OC)c(OC)c(OC)c3)nn2)c1. The lowest BCUT2D eigenvalue weighted by atomic mass is 10.1. The van der Waals surface area contributed by atoms with Gasteiger partial charge in [-0.15, -0.1) is 5.10 Å². The van der Waals surface area contributed by atoms with Crippen LogP contribution in [0.3, 0.4) is 0 Å². The lowest BCUT2D eigenvalue weighted by Gasteiger charge is -2.13. The quantitative estimate of drug-likeness (QED) is 0.534. The standard InChI is InChI=1S/C20H21N3O6/c1-25-14-8-13(9-15(10-14)26-2)23-11-16(21-22-23)19(24)12-6-17(27-3)20(29-5)18(7-12)28-4/h6-11H,1-5H3. The molecule has 0 saturated carbocycles. The summed E-state index contributed by atoms with van der Waals surface area (Å²) in [4.78, 5) is 13.0. The number of rotatable bonds is 8. The number of hydrogen-bond donors (Lipinski definition) is 0. The molecule has 1 aromatic heterocycles. The van der Waals surface area contributed by atoms with Crippen molar-refractivity contribution in [1.82, 2.24) is 15.0 Å². The lowest BCUT2D eigenvalue weighted by Crippen LogP contribution is -2.04. The first-order valence-corrected chi connectivity index (χ1v) is 8.55. The zero-order chi connectivity index (χ0) is 21.0. The Kier molecular flexibility index (Phi) is 5.87. The number of hydrogen-bond acceptors (Lipinski definition) is 8. The van der Waals surface area contributed by atoms with Crippen LogP contribution in [0.25, 0.3) is 5.69 Å². The summed E-state index contributed by atoms with van der Waals surface area (Å²) in [6, 6.07) is 8.38. The summed E-state index contributed by atoms with van der Waals surface area (Å²) in [6.45, 7) is 0. The van der Waals surface area contributed by atoms with E-state index < -0.39 is 0 Å². The summed E-state index contributed by atoms with van der Waals surface area (Å²) < 4.78 is 27.9. The summed E-state index contributed by atoms with van der Waals surface area (Å²) in [5.41, 5.74) is 1.12. The Balaban J connectivity index is 1.98. The van der Waals surface area contributed by atoms with Gasteiger partial charge in [-0.05, 0) is 12.1 Å². The molecule has 3 rings (SSSR count). The molecule has 0 aliphatic heterocycles. The molecule has 3 aromatic rings. The molecule has 1 heterocycles. The van der Waals surface area contributed by atoms with Gasteiger partial charge in [0.05, 0.1) is 47.4 Å². The molecule has 0 spiro atoms. The fourth-order valence-electron chi connectivity index (χ4n) is 2.78. The second-order valence-electron chi connectivity index (χ2n) is 5.86. The monoisotopic (exact) mass is 399 g/mol. The zero-order valence-corrected chi connectivity index (χ0v) is 16.8. The Bertz CT molecular complexity index is 984.